The number of hydrogen-bond acceptors (Lipinski definition) is 3. The highest BCUT2D eigenvalue weighted by atomic mass is 16.4. The van der Waals surface area contributed by atoms with Gasteiger partial charge in [-0.1, -0.05) is 13.3 Å². The van der Waals surface area contributed by atoms with Crippen LogP contribution in [-0.2, 0) is 4.79 Å². The zero-order valence-electron chi connectivity index (χ0n) is 12.2. The van der Waals surface area contributed by atoms with Crippen LogP contribution in [0, 0.1) is 11.8 Å². The highest BCUT2D eigenvalue weighted by Gasteiger charge is 2.33. The Bertz CT molecular complexity index is 512. The van der Waals surface area contributed by atoms with Crippen molar-refractivity contribution in [2.24, 2.45) is 11.8 Å². The zero-order valence-corrected chi connectivity index (χ0v) is 12.2. The molecule has 0 spiro atoms. The number of aliphatic hydroxyl groups excluding tert-OH is 1. The normalized spacial score (nSPS) is 21.2. The van der Waals surface area contributed by atoms with Gasteiger partial charge < -0.3 is 15.1 Å². The van der Waals surface area contributed by atoms with Gasteiger partial charge in [-0.2, -0.15) is 0 Å². The molecule has 114 valence electrons. The monoisotopic (exact) mass is 291 g/mol. The Morgan fingerprint density at radius 1 is 1.24 bits per heavy atom. The van der Waals surface area contributed by atoms with E-state index in [4.69, 9.17) is 5.11 Å². The topological polar surface area (TPSA) is 77.8 Å². The molecule has 0 aliphatic heterocycles. The van der Waals surface area contributed by atoms with Gasteiger partial charge in [0.05, 0.1) is 12.2 Å². The van der Waals surface area contributed by atoms with Crippen LogP contribution >= 0.6 is 0 Å². The van der Waals surface area contributed by atoms with Crippen LogP contribution in [-0.4, -0.2) is 35.2 Å². The number of carboxylic acid groups (broad SMARTS) is 1. The summed E-state index contributed by atoms with van der Waals surface area (Å²) in [5, 5.41) is 18.1. The minimum Gasteiger partial charge on any atom is -0.478 e. The number of nitrogens with zero attached hydrogens (tertiary/aromatic N) is 1. The first-order valence-electron chi connectivity index (χ1n) is 7.30. The zero-order chi connectivity index (χ0) is 15.4. The number of carboxylic acids is 1. The van der Waals surface area contributed by atoms with Gasteiger partial charge in [0.2, 0.25) is 5.91 Å². The van der Waals surface area contributed by atoms with Crippen molar-refractivity contribution >= 4 is 17.6 Å². The standard InChI is InChI=1S/C16H21NO4/c1-11-3-2-4-14(11)15(19)17(9-10-18)13-7-5-12(6-8-13)16(20)21/h5-8,11,14,18H,2-4,9-10H2,1H3,(H,20,21). The van der Waals surface area contributed by atoms with E-state index < -0.39 is 5.97 Å². The number of aromatic carboxylic acids is 1. The quantitative estimate of drug-likeness (QED) is 0.871. The Morgan fingerprint density at radius 3 is 2.38 bits per heavy atom. The summed E-state index contributed by atoms with van der Waals surface area (Å²) in [5.41, 5.74) is 0.822. The second-order valence-corrected chi connectivity index (χ2v) is 5.58. The average Bonchev–Trinajstić information content (AvgIpc) is 2.90. The predicted octanol–water partition coefficient (Wildman–Crippen LogP) is 2.15. The van der Waals surface area contributed by atoms with Gasteiger partial charge in [0.1, 0.15) is 0 Å². The van der Waals surface area contributed by atoms with E-state index in [1.165, 1.54) is 12.1 Å². The molecule has 1 aromatic rings. The predicted molar refractivity (Wildman–Crippen MR) is 79.3 cm³/mol. The van der Waals surface area contributed by atoms with Crippen molar-refractivity contribution in [3.05, 3.63) is 29.8 Å². The third-order valence-electron chi connectivity index (χ3n) is 4.19. The van der Waals surface area contributed by atoms with Crippen LogP contribution in [0.1, 0.15) is 36.5 Å². The summed E-state index contributed by atoms with van der Waals surface area (Å²) in [7, 11) is 0. The molecule has 21 heavy (non-hydrogen) atoms. The van der Waals surface area contributed by atoms with Crippen molar-refractivity contribution in [2.75, 3.05) is 18.1 Å². The summed E-state index contributed by atoms with van der Waals surface area (Å²) in [5.74, 6) is -0.615. The van der Waals surface area contributed by atoms with Gasteiger partial charge in [0.25, 0.3) is 0 Å². The number of rotatable bonds is 5. The molecule has 2 atom stereocenters. The van der Waals surface area contributed by atoms with Crippen molar-refractivity contribution < 1.29 is 19.8 Å². The second kappa shape index (κ2) is 6.72. The summed E-state index contributed by atoms with van der Waals surface area (Å²) in [6.45, 7) is 2.20. The Balaban J connectivity index is 2.21. The Hall–Kier alpha value is -1.88. The van der Waals surface area contributed by atoms with Crippen molar-refractivity contribution in [1.82, 2.24) is 0 Å². The van der Waals surface area contributed by atoms with E-state index in [0.29, 0.717) is 11.6 Å². The molecule has 0 aromatic heterocycles. The van der Waals surface area contributed by atoms with E-state index in [1.807, 2.05) is 0 Å². The van der Waals surface area contributed by atoms with E-state index in [2.05, 4.69) is 6.92 Å². The molecule has 0 bridgehead atoms. The number of carbonyl (C=O) groups is 2. The summed E-state index contributed by atoms with van der Waals surface area (Å²) >= 11 is 0. The third kappa shape index (κ3) is 3.42. The Labute approximate surface area is 124 Å². The summed E-state index contributed by atoms with van der Waals surface area (Å²) in [6, 6.07) is 6.20. The van der Waals surface area contributed by atoms with Crippen LogP contribution in [0.5, 0.6) is 0 Å². The lowest BCUT2D eigenvalue weighted by atomic mass is 9.96. The maximum atomic E-state index is 12.7. The highest BCUT2D eigenvalue weighted by Crippen LogP contribution is 2.33. The first-order chi connectivity index (χ1) is 10.0. The number of hydrogen-bond donors (Lipinski definition) is 2. The summed E-state index contributed by atoms with van der Waals surface area (Å²) in [4.78, 5) is 25.1. The maximum Gasteiger partial charge on any atom is 0.335 e. The van der Waals surface area contributed by atoms with E-state index in [-0.39, 0.29) is 30.5 Å². The lowest BCUT2D eigenvalue weighted by Gasteiger charge is -2.27. The largest absolute Gasteiger partial charge is 0.478 e. The molecule has 1 aliphatic rings. The number of carbonyl (C=O) groups excluding carboxylic acids is 1. The van der Waals surface area contributed by atoms with Crippen LogP contribution in [0.2, 0.25) is 0 Å². The Kier molecular flexibility index (Phi) is 4.96. The lowest BCUT2D eigenvalue weighted by Crippen LogP contribution is -2.39. The smallest absolute Gasteiger partial charge is 0.335 e. The average molecular weight is 291 g/mol. The second-order valence-electron chi connectivity index (χ2n) is 5.58. The molecule has 0 saturated heterocycles. The molecule has 1 amide bonds. The van der Waals surface area contributed by atoms with Crippen LogP contribution in [0.25, 0.3) is 0 Å². The molecule has 2 unspecified atom stereocenters. The maximum absolute atomic E-state index is 12.7. The molecule has 5 heteroatoms. The highest BCUT2D eigenvalue weighted by molar-refractivity contribution is 5.96. The van der Waals surface area contributed by atoms with Crippen LogP contribution in [0.4, 0.5) is 5.69 Å². The van der Waals surface area contributed by atoms with E-state index in [1.54, 1.807) is 17.0 Å². The van der Waals surface area contributed by atoms with Crippen molar-refractivity contribution in [1.29, 1.82) is 0 Å². The minimum absolute atomic E-state index is 0.00398. The third-order valence-corrected chi connectivity index (χ3v) is 4.19. The van der Waals surface area contributed by atoms with E-state index in [0.717, 1.165) is 19.3 Å². The minimum atomic E-state index is -0.994. The van der Waals surface area contributed by atoms with Crippen LogP contribution in [0.3, 0.4) is 0 Å². The number of benzene rings is 1. The molecule has 0 radical (unpaired) electrons. The van der Waals surface area contributed by atoms with Crippen molar-refractivity contribution in [3.63, 3.8) is 0 Å². The molecular weight excluding hydrogens is 270 g/mol. The van der Waals surface area contributed by atoms with Gasteiger partial charge in [-0.25, -0.2) is 4.79 Å². The number of amides is 1. The molecule has 1 saturated carbocycles. The van der Waals surface area contributed by atoms with Gasteiger partial charge in [0, 0.05) is 18.2 Å². The molecule has 1 aliphatic carbocycles. The van der Waals surface area contributed by atoms with Gasteiger partial charge in [-0.15, -0.1) is 0 Å². The fraction of sp³-hybridized carbons (Fsp3) is 0.500. The van der Waals surface area contributed by atoms with Crippen molar-refractivity contribution in [3.8, 4) is 0 Å². The van der Waals surface area contributed by atoms with E-state index >= 15 is 0 Å². The van der Waals surface area contributed by atoms with Crippen LogP contribution in [0.15, 0.2) is 24.3 Å². The number of aliphatic hydroxyl groups is 1. The van der Waals surface area contributed by atoms with Gasteiger partial charge in [-0.05, 0) is 43.0 Å². The molecule has 0 heterocycles. The SMILES string of the molecule is CC1CCCC1C(=O)N(CCO)c1ccc(C(=O)O)cc1. The molecular formula is C16H21NO4. The molecule has 5 nitrogen and oxygen atoms in total. The molecule has 2 N–H and O–H groups in total. The van der Waals surface area contributed by atoms with Crippen LogP contribution < -0.4 is 4.90 Å². The first-order valence-corrected chi connectivity index (χ1v) is 7.30. The molecule has 1 aromatic carbocycles. The molecule has 1 fully saturated rings. The lowest BCUT2D eigenvalue weighted by molar-refractivity contribution is -0.123. The summed E-state index contributed by atoms with van der Waals surface area (Å²) < 4.78 is 0. The van der Waals surface area contributed by atoms with E-state index in [9.17, 15) is 14.7 Å². The first kappa shape index (κ1) is 15.5. The fourth-order valence-corrected chi connectivity index (χ4v) is 2.96. The fourth-order valence-electron chi connectivity index (χ4n) is 2.96. The summed E-state index contributed by atoms with van der Waals surface area (Å²) in [6.07, 6.45) is 3.00. The molecule has 2 rings (SSSR count). The number of anilines is 1. The van der Waals surface area contributed by atoms with Crippen molar-refractivity contribution in [2.45, 2.75) is 26.2 Å². The van der Waals surface area contributed by atoms with Gasteiger partial charge in [0.15, 0.2) is 0 Å². The Morgan fingerprint density at radius 2 is 1.90 bits per heavy atom. The van der Waals surface area contributed by atoms with Gasteiger partial charge >= 0.3 is 5.97 Å². The van der Waals surface area contributed by atoms with Gasteiger partial charge in [-0.3, -0.25) is 4.79 Å².